The van der Waals surface area contributed by atoms with E-state index in [9.17, 15) is 5.11 Å². The van der Waals surface area contributed by atoms with Crippen LogP contribution < -0.4 is 4.74 Å². The second-order valence-corrected chi connectivity index (χ2v) is 12.0. The van der Waals surface area contributed by atoms with Gasteiger partial charge in [-0.25, -0.2) is 4.98 Å². The van der Waals surface area contributed by atoms with Crippen LogP contribution in [-0.4, -0.2) is 32.8 Å². The van der Waals surface area contributed by atoms with Gasteiger partial charge in [-0.3, -0.25) is 0 Å². The molecular weight excluding hydrogens is 558 g/mol. The molecule has 0 radical (unpaired) electrons. The maximum Gasteiger partial charge on any atom is 0.320 e. The molecule has 2 atom stereocenters. The molecule has 1 aromatic heterocycles. The summed E-state index contributed by atoms with van der Waals surface area (Å²) >= 11 is 0. The number of rotatable bonds is 16. The van der Waals surface area contributed by atoms with Crippen molar-refractivity contribution in [3.63, 3.8) is 0 Å². The van der Waals surface area contributed by atoms with Crippen LogP contribution in [0.1, 0.15) is 84.6 Å². The average Bonchev–Trinajstić information content (AvgIpc) is 3.07. The monoisotopic (exact) mass is 605 g/mol. The lowest BCUT2D eigenvalue weighted by Gasteiger charge is -2.17. The zero-order chi connectivity index (χ0) is 31.6. The first-order valence-corrected chi connectivity index (χ1v) is 16.8. The number of nitrogens with zero attached hydrogens (tertiary/aromatic N) is 3. The molecule has 1 N–H and O–H groups in total. The number of phenols is 1. The van der Waals surface area contributed by atoms with Gasteiger partial charge in [0.1, 0.15) is 5.75 Å². The largest absolute Gasteiger partial charge is 0.507 e. The summed E-state index contributed by atoms with van der Waals surface area (Å²) in [7, 11) is 0. The summed E-state index contributed by atoms with van der Waals surface area (Å²) in [5.41, 5.74) is 2.38. The van der Waals surface area contributed by atoms with E-state index < -0.39 is 0 Å². The minimum Gasteiger partial charge on any atom is -0.507 e. The van der Waals surface area contributed by atoms with Gasteiger partial charge in [0.05, 0.1) is 24.9 Å². The van der Waals surface area contributed by atoms with Gasteiger partial charge in [0, 0.05) is 5.56 Å². The molecule has 2 unspecified atom stereocenters. The van der Waals surface area contributed by atoms with E-state index in [1.165, 1.54) is 6.42 Å². The van der Waals surface area contributed by atoms with Crippen molar-refractivity contribution in [2.24, 2.45) is 5.92 Å². The number of aromatic hydroxyl groups is 1. The molecule has 45 heavy (non-hydrogen) atoms. The molecule has 6 nitrogen and oxygen atoms in total. The van der Waals surface area contributed by atoms with Gasteiger partial charge in [0.15, 0.2) is 11.6 Å². The van der Waals surface area contributed by atoms with Gasteiger partial charge in [-0.2, -0.15) is 9.97 Å². The Bertz CT molecular complexity index is 1650. The zero-order valence-corrected chi connectivity index (χ0v) is 27.3. The molecule has 6 heteroatoms. The first kappa shape index (κ1) is 32.4. The second-order valence-electron chi connectivity index (χ2n) is 12.0. The molecule has 0 fully saturated rings. The van der Waals surface area contributed by atoms with E-state index in [2.05, 4.69) is 58.0 Å². The molecule has 236 valence electrons. The Balaban J connectivity index is 1.56. The molecule has 0 saturated heterocycles. The number of aromatic nitrogens is 3. The highest BCUT2D eigenvalue weighted by atomic mass is 16.5. The third-order valence-corrected chi connectivity index (χ3v) is 8.72. The highest BCUT2D eigenvalue weighted by Gasteiger charge is 2.19. The van der Waals surface area contributed by atoms with Gasteiger partial charge >= 0.3 is 6.01 Å². The van der Waals surface area contributed by atoms with Crippen molar-refractivity contribution in [2.45, 2.75) is 91.8 Å². The average molecular weight is 606 g/mol. The maximum atomic E-state index is 11.3. The summed E-state index contributed by atoms with van der Waals surface area (Å²) in [4.78, 5) is 14.6. The highest BCUT2D eigenvalue weighted by molar-refractivity contribution is 6.11. The Kier molecular flexibility index (Phi) is 11.4. The van der Waals surface area contributed by atoms with Crippen LogP contribution in [0, 0.1) is 5.92 Å². The van der Waals surface area contributed by atoms with Gasteiger partial charge in [-0.1, -0.05) is 114 Å². The third kappa shape index (κ3) is 7.98. The minimum atomic E-state index is 0.109. The van der Waals surface area contributed by atoms with Gasteiger partial charge in [0.2, 0.25) is 0 Å². The molecule has 0 aliphatic heterocycles. The summed E-state index contributed by atoms with van der Waals surface area (Å²) in [5.74, 6) is 1.44. The number of phenolic OH excluding ortho intramolecular Hbond substituents is 1. The predicted molar refractivity (Wildman–Crippen MR) is 185 cm³/mol. The first-order chi connectivity index (χ1) is 22.0. The standard InChI is InChI=1S/C39H47N3O3/c1-5-9-15-27(7-3)25-45-39-41-37(34-22-21-28(23-35(34)43)26-44-31(8-4)18-10-6-2)40-38(42-39)36-32-19-13-11-16-29(32)24-30-17-12-14-20-33(30)36/h11-14,16-17,19-24,27,31,43H,5-10,15,18,25-26H2,1-4H3. The van der Waals surface area contributed by atoms with Crippen LogP contribution >= 0.6 is 0 Å². The Morgan fingerprint density at radius 1 is 0.711 bits per heavy atom. The minimum absolute atomic E-state index is 0.109. The van der Waals surface area contributed by atoms with Crippen molar-refractivity contribution in [3.8, 4) is 34.5 Å². The van der Waals surface area contributed by atoms with Crippen LogP contribution in [0.2, 0.25) is 0 Å². The van der Waals surface area contributed by atoms with Crippen molar-refractivity contribution in [3.05, 3.63) is 78.4 Å². The normalized spacial score (nSPS) is 12.9. The number of hydrogen-bond acceptors (Lipinski definition) is 6. The highest BCUT2D eigenvalue weighted by Crippen LogP contribution is 2.37. The fourth-order valence-corrected chi connectivity index (χ4v) is 5.91. The molecule has 0 bridgehead atoms. The molecule has 5 aromatic rings. The van der Waals surface area contributed by atoms with E-state index in [0.717, 1.165) is 77.6 Å². The molecular formula is C39H47N3O3. The molecule has 1 heterocycles. The van der Waals surface area contributed by atoms with E-state index in [0.29, 0.717) is 36.3 Å². The summed E-state index contributed by atoms with van der Waals surface area (Å²) in [6.07, 6.45) is 9.00. The van der Waals surface area contributed by atoms with Gasteiger partial charge in [-0.05, 0) is 70.5 Å². The van der Waals surface area contributed by atoms with E-state index in [1.807, 2.05) is 36.4 Å². The number of benzene rings is 4. The van der Waals surface area contributed by atoms with Crippen molar-refractivity contribution < 1.29 is 14.6 Å². The van der Waals surface area contributed by atoms with E-state index >= 15 is 0 Å². The molecule has 0 spiro atoms. The molecule has 0 aliphatic rings. The van der Waals surface area contributed by atoms with Crippen molar-refractivity contribution >= 4 is 21.5 Å². The lowest BCUT2D eigenvalue weighted by molar-refractivity contribution is 0.0312. The summed E-state index contributed by atoms with van der Waals surface area (Å²) in [6.45, 7) is 9.76. The third-order valence-electron chi connectivity index (χ3n) is 8.72. The van der Waals surface area contributed by atoms with Gasteiger partial charge in [-0.15, -0.1) is 0 Å². The number of ether oxygens (including phenoxy) is 2. The van der Waals surface area contributed by atoms with Gasteiger partial charge in [0.25, 0.3) is 0 Å². The van der Waals surface area contributed by atoms with Crippen LogP contribution in [-0.2, 0) is 11.3 Å². The van der Waals surface area contributed by atoms with Crippen molar-refractivity contribution in [1.82, 2.24) is 15.0 Å². The lowest BCUT2D eigenvalue weighted by Crippen LogP contribution is -2.13. The van der Waals surface area contributed by atoms with Crippen LogP contribution in [0.3, 0.4) is 0 Å². The molecule has 4 aromatic carbocycles. The fraction of sp³-hybridized carbons (Fsp3) is 0.410. The van der Waals surface area contributed by atoms with Crippen LogP contribution in [0.4, 0.5) is 0 Å². The van der Waals surface area contributed by atoms with E-state index in [4.69, 9.17) is 24.4 Å². The summed E-state index contributed by atoms with van der Waals surface area (Å²) < 4.78 is 12.5. The van der Waals surface area contributed by atoms with Crippen LogP contribution in [0.15, 0.2) is 72.8 Å². The fourth-order valence-electron chi connectivity index (χ4n) is 5.91. The number of fused-ring (bicyclic) bond motifs is 2. The lowest BCUT2D eigenvalue weighted by atomic mass is 9.96. The van der Waals surface area contributed by atoms with Crippen molar-refractivity contribution in [1.29, 1.82) is 0 Å². The Morgan fingerprint density at radius 3 is 2.02 bits per heavy atom. The molecule has 5 rings (SSSR count). The Hall–Kier alpha value is -4.03. The first-order valence-electron chi connectivity index (χ1n) is 16.8. The maximum absolute atomic E-state index is 11.3. The number of unbranched alkanes of at least 4 members (excludes halogenated alkanes) is 2. The predicted octanol–water partition coefficient (Wildman–Crippen LogP) is 10.3. The quantitative estimate of drug-likeness (QED) is 0.113. The van der Waals surface area contributed by atoms with Crippen LogP contribution in [0.25, 0.3) is 44.3 Å². The molecule has 0 saturated carbocycles. The Labute approximate surface area is 267 Å². The smallest absolute Gasteiger partial charge is 0.320 e. The molecule has 0 aliphatic carbocycles. The Morgan fingerprint density at radius 2 is 1.38 bits per heavy atom. The number of hydrogen-bond donors (Lipinski definition) is 1. The summed E-state index contributed by atoms with van der Waals surface area (Å²) in [6, 6.07) is 24.7. The second kappa shape index (κ2) is 15.8. The van der Waals surface area contributed by atoms with E-state index in [1.54, 1.807) is 6.07 Å². The summed E-state index contributed by atoms with van der Waals surface area (Å²) in [5, 5.41) is 15.6. The topological polar surface area (TPSA) is 77.4 Å². The van der Waals surface area contributed by atoms with E-state index in [-0.39, 0.29) is 17.9 Å². The zero-order valence-electron chi connectivity index (χ0n) is 27.3. The molecule has 0 amide bonds. The van der Waals surface area contributed by atoms with Gasteiger partial charge < -0.3 is 14.6 Å². The SMILES string of the molecule is CCCCC(CC)COc1nc(-c2ccc(COC(CC)CCCC)cc2O)nc(-c2c3ccccc3cc3ccccc23)n1. The van der Waals surface area contributed by atoms with Crippen molar-refractivity contribution in [2.75, 3.05) is 6.61 Å². The van der Waals surface area contributed by atoms with Crippen LogP contribution in [0.5, 0.6) is 11.8 Å².